The normalized spacial score (nSPS) is 19.5. The highest BCUT2D eigenvalue weighted by molar-refractivity contribution is 6.27. The average molecular weight is 915 g/mol. The molecule has 3 unspecified atom stereocenters. The second kappa shape index (κ2) is 15.7. The summed E-state index contributed by atoms with van der Waals surface area (Å²) in [5.74, 6) is 0.869. The lowest BCUT2D eigenvalue weighted by Crippen LogP contribution is -2.26. The molecule has 3 aliphatic rings. The lowest BCUT2D eigenvalue weighted by molar-refractivity contribution is 0.574. The molecule has 3 aromatic heterocycles. The second-order valence-corrected chi connectivity index (χ2v) is 20.8. The quantitative estimate of drug-likeness (QED) is 0.176. The Balaban J connectivity index is 0.985. The number of benzene rings is 8. The first-order chi connectivity index (χ1) is 34.8. The number of rotatable bonds is 4. The first-order valence-electron chi connectivity index (χ1n) is 25.5. The van der Waals surface area contributed by atoms with Gasteiger partial charge < -0.3 is 9.13 Å². The fourth-order valence-electron chi connectivity index (χ4n) is 12.9. The molecule has 342 valence electrons. The fraction of sp³-hybridized carbons (Fsp3) is 0.164. The summed E-state index contributed by atoms with van der Waals surface area (Å²) >= 11 is 0. The first-order valence-corrected chi connectivity index (χ1v) is 25.5. The molecule has 8 aromatic carbocycles. The summed E-state index contributed by atoms with van der Waals surface area (Å²) < 4.78 is 5.01. The minimum atomic E-state index is -0.440. The molecule has 4 atom stereocenters. The molecule has 0 saturated carbocycles. The predicted molar refractivity (Wildman–Crippen MR) is 298 cm³/mol. The molecule has 71 heavy (non-hydrogen) atoms. The summed E-state index contributed by atoms with van der Waals surface area (Å²) in [7, 11) is 0. The van der Waals surface area contributed by atoms with Crippen LogP contribution in [0.1, 0.15) is 85.3 Å². The molecule has 0 N–H and O–H groups in total. The molecule has 4 heteroatoms. The van der Waals surface area contributed by atoms with Crippen LogP contribution < -0.4 is 0 Å². The molecule has 0 saturated heterocycles. The zero-order valence-electron chi connectivity index (χ0n) is 40.9. The van der Waals surface area contributed by atoms with Crippen LogP contribution in [0, 0.1) is 12.8 Å². The number of nitrogens with zero attached hydrogens (tertiary/aromatic N) is 4. The maximum absolute atomic E-state index is 5.62. The van der Waals surface area contributed by atoms with Gasteiger partial charge in [-0.05, 0) is 153 Å². The number of allylic oxidation sites excluding steroid dienone is 5. The van der Waals surface area contributed by atoms with E-state index in [2.05, 4.69) is 238 Å². The molecule has 2 bridgehead atoms. The monoisotopic (exact) mass is 914 g/mol. The van der Waals surface area contributed by atoms with Crippen molar-refractivity contribution in [3.63, 3.8) is 0 Å². The van der Waals surface area contributed by atoms with E-state index in [1.807, 2.05) is 0 Å². The first kappa shape index (κ1) is 41.9. The summed E-state index contributed by atoms with van der Waals surface area (Å²) in [5, 5.41) is 6.47. The van der Waals surface area contributed by atoms with Gasteiger partial charge in [0, 0.05) is 33.0 Å². The van der Waals surface area contributed by atoms with E-state index < -0.39 is 5.41 Å². The molecule has 0 spiro atoms. The fourth-order valence-corrected chi connectivity index (χ4v) is 12.9. The highest BCUT2D eigenvalue weighted by atomic mass is 15.0. The Labute approximate surface area is 415 Å². The molecular formula is C67H54N4. The van der Waals surface area contributed by atoms with Crippen molar-refractivity contribution in [2.45, 2.75) is 64.7 Å². The molecular weight excluding hydrogens is 861 g/mol. The zero-order valence-corrected chi connectivity index (χ0v) is 40.9. The molecule has 11 aromatic rings. The largest absolute Gasteiger partial charge is 0.310 e. The molecule has 4 nitrogen and oxygen atoms in total. The van der Waals surface area contributed by atoms with Crippen molar-refractivity contribution in [1.82, 2.24) is 19.1 Å². The van der Waals surface area contributed by atoms with E-state index in [1.54, 1.807) is 0 Å². The van der Waals surface area contributed by atoms with E-state index in [1.165, 1.54) is 105 Å². The summed E-state index contributed by atoms with van der Waals surface area (Å²) in [6.45, 7) is 11.9. The molecule has 0 aliphatic heterocycles. The SMILES string of the molecule is Cc1c2cc3c(c1-c1ccccc1[C@H](C)C(C)c1ccccc1-2)c1c2ccccc2ccc1n3C1=CCC(C)(c2nc3ccccc3nc2C2=Cc3c(c4ccccc4n3-c3ccccc3)CC2C)C=C1. The second-order valence-electron chi connectivity index (χ2n) is 20.8. The number of hydrogen-bond acceptors (Lipinski definition) is 2. The minimum absolute atomic E-state index is 0.227. The van der Waals surface area contributed by atoms with Gasteiger partial charge in [-0.2, -0.15) is 0 Å². The minimum Gasteiger partial charge on any atom is -0.310 e. The smallest absolute Gasteiger partial charge is 0.0897 e. The van der Waals surface area contributed by atoms with Crippen molar-refractivity contribution in [2.24, 2.45) is 5.92 Å². The molecule has 14 rings (SSSR count). The van der Waals surface area contributed by atoms with Gasteiger partial charge in [0.15, 0.2) is 0 Å². The van der Waals surface area contributed by atoms with E-state index in [0.29, 0.717) is 11.8 Å². The van der Waals surface area contributed by atoms with E-state index in [-0.39, 0.29) is 5.92 Å². The highest BCUT2D eigenvalue weighted by Crippen LogP contribution is 2.52. The van der Waals surface area contributed by atoms with E-state index in [0.717, 1.165) is 41.0 Å². The Morgan fingerprint density at radius 1 is 0.577 bits per heavy atom. The van der Waals surface area contributed by atoms with Gasteiger partial charge in [-0.25, -0.2) is 9.97 Å². The Bertz CT molecular complexity index is 4140. The Morgan fingerprint density at radius 3 is 2.01 bits per heavy atom. The molecule has 0 amide bonds. The van der Waals surface area contributed by atoms with Crippen molar-refractivity contribution in [3.8, 4) is 27.9 Å². The maximum Gasteiger partial charge on any atom is 0.0897 e. The van der Waals surface area contributed by atoms with E-state index in [4.69, 9.17) is 9.97 Å². The zero-order chi connectivity index (χ0) is 47.7. The van der Waals surface area contributed by atoms with Crippen LogP contribution in [0.15, 0.2) is 188 Å². The standard InChI is InChI=1S/C67H54N4/c1-40-37-55-51-26-15-18-30-58(51)70(45-20-7-6-8-21-45)60(55)38-53(40)65-66(69-57-29-17-16-28-56(57)68-65)67(5)35-33-46(34-36-67)71-59-32-31-44-19-9-10-24-49(44)63(59)64-61(71)39-54-43(4)62(64)52-27-14-12-23-48(52)42(3)41(2)47-22-11-13-25-50(47)54/h6-35,38-42H,36-37H2,1-5H3/t40?,41?,42-,67?/m1/s1. The lowest BCUT2D eigenvalue weighted by Gasteiger charge is -2.32. The van der Waals surface area contributed by atoms with Gasteiger partial charge in [-0.15, -0.1) is 0 Å². The molecule has 0 fully saturated rings. The maximum atomic E-state index is 5.62. The molecule has 3 aliphatic carbocycles. The third kappa shape index (κ3) is 6.16. The van der Waals surface area contributed by atoms with Gasteiger partial charge in [-0.1, -0.05) is 167 Å². The Kier molecular flexibility index (Phi) is 9.26. The number of para-hydroxylation sites is 4. The summed E-state index contributed by atoms with van der Waals surface area (Å²) in [6.07, 6.45) is 11.4. The van der Waals surface area contributed by atoms with Gasteiger partial charge in [-0.3, -0.25) is 0 Å². The van der Waals surface area contributed by atoms with Crippen LogP contribution in [-0.4, -0.2) is 19.1 Å². The third-order valence-corrected chi connectivity index (χ3v) is 16.8. The van der Waals surface area contributed by atoms with Crippen molar-refractivity contribution in [2.75, 3.05) is 0 Å². The van der Waals surface area contributed by atoms with Crippen LogP contribution in [0.25, 0.3) is 99.8 Å². The van der Waals surface area contributed by atoms with Gasteiger partial charge in [0.05, 0.1) is 44.7 Å². The number of aromatic nitrogens is 4. The van der Waals surface area contributed by atoms with Crippen molar-refractivity contribution < 1.29 is 0 Å². The Morgan fingerprint density at radius 2 is 1.24 bits per heavy atom. The van der Waals surface area contributed by atoms with Crippen LogP contribution in [-0.2, 0) is 11.8 Å². The van der Waals surface area contributed by atoms with Crippen LogP contribution in [0.2, 0.25) is 0 Å². The van der Waals surface area contributed by atoms with Crippen molar-refractivity contribution in [3.05, 3.63) is 227 Å². The van der Waals surface area contributed by atoms with E-state index in [9.17, 15) is 0 Å². The van der Waals surface area contributed by atoms with E-state index >= 15 is 0 Å². The molecule has 0 radical (unpaired) electrons. The predicted octanol–water partition coefficient (Wildman–Crippen LogP) is 17.2. The Hall–Kier alpha value is -8.08. The van der Waals surface area contributed by atoms with Crippen LogP contribution in [0.5, 0.6) is 0 Å². The summed E-state index contributed by atoms with van der Waals surface area (Å²) in [6, 6.07) is 62.6. The van der Waals surface area contributed by atoms with Gasteiger partial charge in [0.1, 0.15) is 0 Å². The van der Waals surface area contributed by atoms with Crippen molar-refractivity contribution in [1.29, 1.82) is 0 Å². The number of fused-ring (bicyclic) bond motifs is 16. The van der Waals surface area contributed by atoms with Crippen LogP contribution in [0.3, 0.4) is 0 Å². The van der Waals surface area contributed by atoms with Crippen LogP contribution >= 0.6 is 0 Å². The van der Waals surface area contributed by atoms with Crippen LogP contribution in [0.4, 0.5) is 0 Å². The topological polar surface area (TPSA) is 35.6 Å². The summed E-state index contributed by atoms with van der Waals surface area (Å²) in [4.78, 5) is 11.2. The van der Waals surface area contributed by atoms with Gasteiger partial charge >= 0.3 is 0 Å². The van der Waals surface area contributed by atoms with Crippen molar-refractivity contribution >= 4 is 71.9 Å². The van der Waals surface area contributed by atoms with Gasteiger partial charge in [0.2, 0.25) is 0 Å². The highest BCUT2D eigenvalue weighted by Gasteiger charge is 2.36. The third-order valence-electron chi connectivity index (χ3n) is 16.8. The lowest BCUT2D eigenvalue weighted by atomic mass is 9.75. The number of hydrogen-bond donors (Lipinski definition) is 0. The summed E-state index contributed by atoms with van der Waals surface area (Å²) in [5.41, 5.74) is 22.7. The average Bonchev–Trinajstić information content (AvgIpc) is 3.93. The molecule has 3 heterocycles. The van der Waals surface area contributed by atoms with Gasteiger partial charge in [0.25, 0.3) is 0 Å².